The van der Waals surface area contributed by atoms with Crippen LogP contribution in [0, 0.1) is 6.92 Å². The van der Waals surface area contributed by atoms with Crippen LogP contribution in [0.1, 0.15) is 23.9 Å². The molecule has 0 aliphatic heterocycles. The van der Waals surface area contributed by atoms with Crippen LogP contribution < -0.4 is 0 Å². The van der Waals surface area contributed by atoms with Gasteiger partial charge >= 0.3 is 0 Å². The predicted octanol–water partition coefficient (Wildman–Crippen LogP) is 3.75. The molecule has 1 heterocycles. The summed E-state index contributed by atoms with van der Waals surface area (Å²) < 4.78 is 0. The van der Waals surface area contributed by atoms with Crippen molar-refractivity contribution in [3.8, 4) is 11.4 Å². The van der Waals surface area contributed by atoms with Crippen molar-refractivity contribution in [2.24, 2.45) is 0 Å². The third kappa shape index (κ3) is 2.83. The van der Waals surface area contributed by atoms with Gasteiger partial charge < -0.3 is 0 Å². The van der Waals surface area contributed by atoms with Gasteiger partial charge in [0.25, 0.3) is 0 Å². The number of rotatable bonds is 3. The van der Waals surface area contributed by atoms with Crippen molar-refractivity contribution >= 4 is 11.6 Å². The van der Waals surface area contributed by atoms with Crippen molar-refractivity contribution in [3.05, 3.63) is 47.3 Å². The third-order valence-electron chi connectivity index (χ3n) is 2.66. The highest BCUT2D eigenvalue weighted by atomic mass is 35.5. The minimum Gasteiger partial charge on any atom is -0.233 e. The Labute approximate surface area is 107 Å². The van der Waals surface area contributed by atoms with Crippen molar-refractivity contribution in [1.29, 1.82) is 0 Å². The summed E-state index contributed by atoms with van der Waals surface area (Å²) in [5.74, 6) is 1.17. The zero-order valence-electron chi connectivity index (χ0n) is 10.1. The molecule has 0 radical (unpaired) electrons. The van der Waals surface area contributed by atoms with E-state index in [9.17, 15) is 0 Å². The first-order valence-corrected chi connectivity index (χ1v) is 6.26. The lowest BCUT2D eigenvalue weighted by Gasteiger charge is -2.05. The molecule has 0 aliphatic rings. The van der Waals surface area contributed by atoms with E-state index in [1.807, 2.05) is 13.0 Å². The van der Waals surface area contributed by atoms with Crippen molar-refractivity contribution in [2.45, 2.75) is 26.1 Å². The zero-order chi connectivity index (χ0) is 12.3. The van der Waals surface area contributed by atoms with Crippen LogP contribution in [0.4, 0.5) is 0 Å². The summed E-state index contributed by atoms with van der Waals surface area (Å²) >= 11 is 5.82. The molecular weight excluding hydrogens is 232 g/mol. The average molecular weight is 247 g/mol. The van der Waals surface area contributed by atoms with E-state index in [1.54, 1.807) is 0 Å². The molecule has 3 heteroatoms. The Bertz CT molecular complexity index is 506. The summed E-state index contributed by atoms with van der Waals surface area (Å²) in [6, 6.07) is 10.3. The first kappa shape index (κ1) is 12.1. The van der Waals surface area contributed by atoms with E-state index >= 15 is 0 Å². The molecule has 88 valence electrons. The highest BCUT2D eigenvalue weighted by Gasteiger charge is 2.04. The molecule has 0 bridgehead atoms. The standard InChI is InChI=1S/C14H15ClN2/c1-3-11-4-6-12(7-5-11)14-16-10(2)8-13(9-15)17-14/h4-8H,3,9H2,1-2H3. The molecule has 0 fully saturated rings. The molecule has 0 saturated heterocycles. The van der Waals surface area contributed by atoms with Gasteiger partial charge in [0.2, 0.25) is 0 Å². The average Bonchev–Trinajstić information content (AvgIpc) is 2.38. The van der Waals surface area contributed by atoms with Gasteiger partial charge in [0.05, 0.1) is 11.6 Å². The Morgan fingerprint density at radius 2 is 1.82 bits per heavy atom. The highest BCUT2D eigenvalue weighted by Crippen LogP contribution is 2.17. The summed E-state index contributed by atoms with van der Waals surface area (Å²) in [5.41, 5.74) is 4.18. The second kappa shape index (κ2) is 5.28. The van der Waals surface area contributed by atoms with E-state index in [-0.39, 0.29) is 0 Å². The van der Waals surface area contributed by atoms with E-state index in [2.05, 4.69) is 41.2 Å². The lowest BCUT2D eigenvalue weighted by Crippen LogP contribution is -1.96. The number of hydrogen-bond donors (Lipinski definition) is 0. The van der Waals surface area contributed by atoms with Gasteiger partial charge in [0.1, 0.15) is 0 Å². The van der Waals surface area contributed by atoms with E-state index in [4.69, 9.17) is 11.6 Å². The first-order valence-electron chi connectivity index (χ1n) is 5.72. The fourth-order valence-corrected chi connectivity index (χ4v) is 1.86. The number of aromatic nitrogens is 2. The number of benzene rings is 1. The fourth-order valence-electron chi connectivity index (χ4n) is 1.72. The molecule has 0 spiro atoms. The largest absolute Gasteiger partial charge is 0.233 e. The van der Waals surface area contributed by atoms with E-state index in [0.717, 1.165) is 29.2 Å². The molecule has 1 aromatic heterocycles. The maximum absolute atomic E-state index is 5.82. The van der Waals surface area contributed by atoms with Crippen molar-refractivity contribution in [2.75, 3.05) is 0 Å². The maximum Gasteiger partial charge on any atom is 0.159 e. The molecule has 2 nitrogen and oxygen atoms in total. The van der Waals surface area contributed by atoms with Crippen LogP contribution in [0.25, 0.3) is 11.4 Å². The molecule has 0 atom stereocenters. The quantitative estimate of drug-likeness (QED) is 0.771. The first-order chi connectivity index (χ1) is 8.22. The molecule has 0 amide bonds. The molecular formula is C14H15ClN2. The van der Waals surface area contributed by atoms with Crippen molar-refractivity contribution < 1.29 is 0 Å². The Hall–Kier alpha value is -1.41. The Morgan fingerprint density at radius 1 is 1.12 bits per heavy atom. The molecule has 0 saturated carbocycles. The van der Waals surface area contributed by atoms with Crippen LogP contribution >= 0.6 is 11.6 Å². The van der Waals surface area contributed by atoms with Gasteiger partial charge in [0, 0.05) is 11.3 Å². The smallest absolute Gasteiger partial charge is 0.159 e. The second-order valence-electron chi connectivity index (χ2n) is 4.01. The second-order valence-corrected chi connectivity index (χ2v) is 4.28. The van der Waals surface area contributed by atoms with Crippen LogP contribution in [-0.2, 0) is 12.3 Å². The Morgan fingerprint density at radius 3 is 2.41 bits per heavy atom. The topological polar surface area (TPSA) is 25.8 Å². The number of alkyl halides is 1. The summed E-state index contributed by atoms with van der Waals surface area (Å²) in [5, 5.41) is 0. The van der Waals surface area contributed by atoms with Gasteiger partial charge in [-0.15, -0.1) is 11.6 Å². The SMILES string of the molecule is CCc1ccc(-c2nc(C)cc(CCl)n2)cc1. The number of aryl methyl sites for hydroxylation is 2. The van der Waals surface area contributed by atoms with Gasteiger partial charge in [-0.05, 0) is 25.0 Å². The number of nitrogens with zero attached hydrogens (tertiary/aromatic N) is 2. The normalized spacial score (nSPS) is 10.5. The Balaban J connectivity index is 2.41. The van der Waals surface area contributed by atoms with Crippen molar-refractivity contribution in [3.63, 3.8) is 0 Å². The molecule has 17 heavy (non-hydrogen) atoms. The van der Waals surface area contributed by atoms with E-state index in [0.29, 0.717) is 5.88 Å². The molecule has 0 unspecified atom stereocenters. The lowest BCUT2D eigenvalue weighted by molar-refractivity contribution is 1.05. The molecule has 1 aromatic carbocycles. The van der Waals surface area contributed by atoms with Gasteiger partial charge in [-0.2, -0.15) is 0 Å². The fraction of sp³-hybridized carbons (Fsp3) is 0.286. The Kier molecular flexibility index (Phi) is 3.75. The zero-order valence-corrected chi connectivity index (χ0v) is 10.8. The minimum absolute atomic E-state index is 0.420. The van der Waals surface area contributed by atoms with Crippen LogP contribution in [-0.4, -0.2) is 9.97 Å². The van der Waals surface area contributed by atoms with Crippen LogP contribution in [0.3, 0.4) is 0 Å². The van der Waals surface area contributed by atoms with Crippen LogP contribution in [0.5, 0.6) is 0 Å². The monoisotopic (exact) mass is 246 g/mol. The number of hydrogen-bond acceptors (Lipinski definition) is 2. The van der Waals surface area contributed by atoms with E-state index < -0.39 is 0 Å². The van der Waals surface area contributed by atoms with Crippen LogP contribution in [0.2, 0.25) is 0 Å². The predicted molar refractivity (Wildman–Crippen MR) is 71.1 cm³/mol. The molecule has 2 aromatic rings. The molecule has 2 rings (SSSR count). The van der Waals surface area contributed by atoms with Crippen molar-refractivity contribution in [1.82, 2.24) is 9.97 Å². The third-order valence-corrected chi connectivity index (χ3v) is 2.94. The summed E-state index contributed by atoms with van der Waals surface area (Å²) in [7, 11) is 0. The summed E-state index contributed by atoms with van der Waals surface area (Å²) in [4.78, 5) is 8.87. The highest BCUT2D eigenvalue weighted by molar-refractivity contribution is 6.16. The molecule has 0 N–H and O–H groups in total. The molecule has 0 aliphatic carbocycles. The lowest BCUT2D eigenvalue weighted by atomic mass is 10.1. The van der Waals surface area contributed by atoms with Crippen LogP contribution in [0.15, 0.2) is 30.3 Å². The number of halogens is 1. The summed E-state index contributed by atoms with van der Waals surface area (Å²) in [6.07, 6.45) is 1.04. The maximum atomic E-state index is 5.82. The van der Waals surface area contributed by atoms with Gasteiger partial charge in [0.15, 0.2) is 5.82 Å². The minimum atomic E-state index is 0.420. The van der Waals surface area contributed by atoms with Gasteiger partial charge in [-0.1, -0.05) is 31.2 Å². The summed E-state index contributed by atoms with van der Waals surface area (Å²) in [6.45, 7) is 4.10. The van der Waals surface area contributed by atoms with E-state index in [1.165, 1.54) is 5.56 Å². The van der Waals surface area contributed by atoms with Gasteiger partial charge in [-0.25, -0.2) is 9.97 Å². The van der Waals surface area contributed by atoms with Gasteiger partial charge in [-0.3, -0.25) is 0 Å².